The van der Waals surface area contributed by atoms with E-state index < -0.39 is 47.3 Å². The number of nitrogen functional groups attached to an aromatic ring is 1. The molecule has 5 aliphatic rings. The van der Waals surface area contributed by atoms with Crippen LogP contribution >= 0.6 is 0 Å². The second-order valence-corrected chi connectivity index (χ2v) is 13.9. The van der Waals surface area contributed by atoms with Crippen LogP contribution in [-0.2, 0) is 32.1 Å². The third kappa shape index (κ3) is 4.15. The maximum Gasteiger partial charge on any atom is 0.193 e. The van der Waals surface area contributed by atoms with Crippen molar-refractivity contribution in [3.63, 3.8) is 0 Å². The summed E-state index contributed by atoms with van der Waals surface area (Å²) in [5, 5.41) is 32.0. The highest BCUT2D eigenvalue weighted by molar-refractivity contribution is 6.01. The zero-order valence-corrected chi connectivity index (χ0v) is 25.2. The molecule has 1 heterocycles. The molecule has 44 heavy (non-hydrogen) atoms. The van der Waals surface area contributed by atoms with Crippen LogP contribution in [0.5, 0.6) is 0 Å². The van der Waals surface area contributed by atoms with Crippen molar-refractivity contribution < 1.29 is 34.4 Å². The predicted molar refractivity (Wildman–Crippen MR) is 163 cm³/mol. The number of nitrogens with two attached hydrogens (primary N) is 1. The Kier molecular flexibility index (Phi) is 7.03. The lowest BCUT2D eigenvalue weighted by Gasteiger charge is -2.59. The van der Waals surface area contributed by atoms with Gasteiger partial charge in [-0.2, -0.15) is 0 Å². The van der Waals surface area contributed by atoms with Crippen molar-refractivity contribution in [1.82, 2.24) is 0 Å². The van der Waals surface area contributed by atoms with Gasteiger partial charge in [0.25, 0.3) is 0 Å². The molecular formula is C36H41NO7. The summed E-state index contributed by atoms with van der Waals surface area (Å²) in [5.74, 6) is -0.366. The number of hydrogen-bond donors (Lipinski definition) is 4. The Bertz CT molecular complexity index is 1580. The summed E-state index contributed by atoms with van der Waals surface area (Å²) in [4.78, 5) is 26.0. The quantitative estimate of drug-likeness (QED) is 0.366. The molecule has 2 aromatic rings. The first-order chi connectivity index (χ1) is 21.0. The highest BCUT2D eigenvalue weighted by Crippen LogP contribution is 2.70. The van der Waals surface area contributed by atoms with E-state index in [1.165, 1.54) is 0 Å². The third-order valence-electron chi connectivity index (χ3n) is 11.8. The van der Waals surface area contributed by atoms with Crippen molar-refractivity contribution in [2.24, 2.45) is 28.6 Å². The minimum absolute atomic E-state index is 0.00685. The molecule has 3 saturated carbocycles. The Morgan fingerprint density at radius 1 is 1.11 bits per heavy atom. The molecule has 2 aromatic carbocycles. The fourth-order valence-electron chi connectivity index (χ4n) is 9.87. The van der Waals surface area contributed by atoms with Gasteiger partial charge in [0.05, 0.1) is 18.8 Å². The van der Waals surface area contributed by atoms with Gasteiger partial charge in [-0.3, -0.25) is 9.59 Å². The van der Waals surface area contributed by atoms with Crippen LogP contribution in [0, 0.1) is 28.6 Å². The molecule has 5 N–H and O–H groups in total. The minimum Gasteiger partial charge on any atom is -0.399 e. The number of aliphatic hydroxyl groups is 3. The van der Waals surface area contributed by atoms with E-state index in [-0.39, 0.29) is 30.1 Å². The number of fused-ring (bicyclic) bond motifs is 7. The Labute approximate surface area is 257 Å². The molecule has 0 radical (unpaired) electrons. The van der Waals surface area contributed by atoms with Crippen LogP contribution in [0.3, 0.4) is 0 Å². The summed E-state index contributed by atoms with van der Waals surface area (Å²) >= 11 is 0. The number of allylic oxidation sites excluding steroid dienone is 4. The molecular weight excluding hydrogens is 558 g/mol. The molecule has 0 amide bonds. The van der Waals surface area contributed by atoms with E-state index in [1.54, 1.807) is 18.2 Å². The number of Topliss-reactive ketones (excluding diaryl/α,β-unsaturated/α-hetero) is 1. The van der Waals surface area contributed by atoms with Gasteiger partial charge in [0.2, 0.25) is 0 Å². The van der Waals surface area contributed by atoms with Gasteiger partial charge in [-0.25, -0.2) is 0 Å². The minimum atomic E-state index is -1.40. The molecule has 9 atom stereocenters. The van der Waals surface area contributed by atoms with Crippen LogP contribution in [0.15, 0.2) is 66.3 Å². The van der Waals surface area contributed by atoms with Crippen LogP contribution < -0.4 is 5.73 Å². The third-order valence-corrected chi connectivity index (χ3v) is 11.8. The molecule has 4 fully saturated rings. The number of ketones is 2. The average Bonchev–Trinajstić information content (AvgIpc) is 3.50. The van der Waals surface area contributed by atoms with E-state index in [0.717, 1.165) is 40.7 Å². The first kappa shape index (κ1) is 29.6. The van der Waals surface area contributed by atoms with Crippen molar-refractivity contribution in [2.45, 2.75) is 76.7 Å². The highest BCUT2D eigenvalue weighted by Gasteiger charge is 2.75. The van der Waals surface area contributed by atoms with Gasteiger partial charge in [-0.1, -0.05) is 55.8 Å². The lowest BCUT2D eigenvalue weighted by molar-refractivity contribution is -0.201. The predicted octanol–water partition coefficient (Wildman–Crippen LogP) is 3.95. The van der Waals surface area contributed by atoms with Crippen molar-refractivity contribution in [2.75, 3.05) is 12.3 Å². The Hall–Kier alpha value is -3.14. The first-order valence-electron chi connectivity index (χ1n) is 15.7. The normalized spacial score (nSPS) is 38.8. The smallest absolute Gasteiger partial charge is 0.193 e. The van der Waals surface area contributed by atoms with Crippen LogP contribution in [-0.4, -0.2) is 51.3 Å². The summed E-state index contributed by atoms with van der Waals surface area (Å²) in [6, 6.07) is 13.3. The molecule has 4 aliphatic carbocycles. The molecule has 0 bridgehead atoms. The van der Waals surface area contributed by atoms with Crippen molar-refractivity contribution in [3.05, 3.63) is 88.5 Å². The fourth-order valence-corrected chi connectivity index (χ4v) is 9.87. The van der Waals surface area contributed by atoms with Gasteiger partial charge in [0, 0.05) is 28.0 Å². The maximum atomic E-state index is 13.8. The summed E-state index contributed by atoms with van der Waals surface area (Å²) in [5.41, 5.74) is 8.63. The Morgan fingerprint density at radius 3 is 2.70 bits per heavy atom. The number of anilines is 1. The lowest BCUT2D eigenvalue weighted by atomic mass is 9.46. The van der Waals surface area contributed by atoms with E-state index in [2.05, 4.69) is 6.92 Å². The molecule has 232 valence electrons. The lowest BCUT2D eigenvalue weighted by Crippen LogP contribution is -2.63. The number of hydrogen-bond acceptors (Lipinski definition) is 8. The second-order valence-electron chi connectivity index (χ2n) is 13.9. The SMILES string of the molecule is C[C@]12C=CC(=O)C=C1CC[C@@H]1[C@@H]2[C@@H](O)C[C@@]2(C)[C@H]1C[C@H]1O[C@@H](c3cccc(Cc4cc(N)ccc4CO)c3)O[C@]12C(=O)CO. The summed E-state index contributed by atoms with van der Waals surface area (Å²) in [6.45, 7) is 3.40. The number of benzene rings is 2. The van der Waals surface area contributed by atoms with Gasteiger partial charge in [-0.15, -0.1) is 0 Å². The van der Waals surface area contributed by atoms with Gasteiger partial charge in [-0.05, 0) is 84.9 Å². The Balaban J connectivity index is 1.20. The second kappa shape index (κ2) is 10.5. The van der Waals surface area contributed by atoms with Crippen molar-refractivity contribution in [1.29, 1.82) is 0 Å². The number of carbonyl (C=O) groups excluding carboxylic acids is 2. The van der Waals surface area contributed by atoms with Crippen molar-refractivity contribution >= 4 is 17.3 Å². The van der Waals surface area contributed by atoms with Gasteiger partial charge in [0.15, 0.2) is 23.5 Å². The molecule has 7 rings (SSSR count). The number of carbonyl (C=O) groups is 2. The van der Waals surface area contributed by atoms with E-state index in [4.69, 9.17) is 15.2 Å². The van der Waals surface area contributed by atoms with Gasteiger partial charge in [0.1, 0.15) is 6.61 Å². The molecule has 1 saturated heterocycles. The zero-order valence-electron chi connectivity index (χ0n) is 25.2. The summed E-state index contributed by atoms with van der Waals surface area (Å²) < 4.78 is 13.4. The topological polar surface area (TPSA) is 139 Å². The largest absolute Gasteiger partial charge is 0.399 e. The molecule has 0 unspecified atom stereocenters. The van der Waals surface area contributed by atoms with Crippen LogP contribution in [0.4, 0.5) is 5.69 Å². The van der Waals surface area contributed by atoms with E-state index >= 15 is 0 Å². The molecule has 0 spiro atoms. The maximum absolute atomic E-state index is 13.8. The van der Waals surface area contributed by atoms with E-state index in [0.29, 0.717) is 24.9 Å². The average molecular weight is 600 g/mol. The van der Waals surface area contributed by atoms with Gasteiger partial charge >= 0.3 is 0 Å². The first-order valence-corrected chi connectivity index (χ1v) is 15.7. The molecule has 8 heteroatoms. The zero-order chi connectivity index (χ0) is 31.0. The molecule has 0 aromatic heterocycles. The highest BCUT2D eigenvalue weighted by atomic mass is 16.7. The monoisotopic (exact) mass is 599 g/mol. The fraction of sp³-hybridized carbons (Fsp3) is 0.500. The van der Waals surface area contributed by atoms with E-state index in [1.807, 2.05) is 49.4 Å². The van der Waals surface area contributed by atoms with Gasteiger partial charge < -0.3 is 30.5 Å². The van der Waals surface area contributed by atoms with Crippen LogP contribution in [0.1, 0.15) is 68.1 Å². The van der Waals surface area contributed by atoms with Crippen molar-refractivity contribution in [3.8, 4) is 0 Å². The summed E-state index contributed by atoms with van der Waals surface area (Å²) in [6.07, 6.45) is 6.28. The number of rotatable bonds is 6. The Morgan fingerprint density at radius 2 is 1.93 bits per heavy atom. The standard InChI is InChI=1S/C36H41NO7/c1-34-11-10-26(40)15-24(34)7-9-27-28-16-31-36(30(42)19-39,35(28,2)17-29(41)32(27)34)44-33(43-31)21-5-3-4-20(12-21)13-23-14-25(37)8-6-22(23)18-38/h3-6,8,10-12,14-15,27-29,31-33,38-39,41H,7,9,13,16-19,37H2,1-2H3/t27-,28-,29-,31+,32+,33+,34-,35-,36+/m0/s1. The van der Waals surface area contributed by atoms with E-state index in [9.17, 15) is 24.9 Å². The molecule has 1 aliphatic heterocycles. The molecule has 8 nitrogen and oxygen atoms in total. The van der Waals surface area contributed by atoms with Crippen LogP contribution in [0.2, 0.25) is 0 Å². The number of aliphatic hydroxyl groups excluding tert-OH is 3. The van der Waals surface area contributed by atoms with Crippen LogP contribution in [0.25, 0.3) is 0 Å². The summed E-state index contributed by atoms with van der Waals surface area (Å²) in [7, 11) is 0. The number of ether oxygens (including phenoxy) is 2.